The third-order valence-electron chi connectivity index (χ3n) is 4.22. The Balaban J connectivity index is 1.51. The topological polar surface area (TPSA) is 99.7 Å². The molecule has 8 nitrogen and oxygen atoms in total. The highest BCUT2D eigenvalue weighted by molar-refractivity contribution is 5.93. The lowest BCUT2D eigenvalue weighted by Gasteiger charge is -2.32. The Morgan fingerprint density at radius 2 is 2.29 bits per heavy atom. The minimum Gasteiger partial charge on any atom is -0.354 e. The van der Waals surface area contributed by atoms with Gasteiger partial charge in [-0.2, -0.15) is 0 Å². The lowest BCUT2D eigenvalue weighted by molar-refractivity contribution is -0.120. The molecule has 0 saturated carbocycles. The highest BCUT2D eigenvalue weighted by Gasteiger charge is 2.28. The molecule has 1 fully saturated rings. The third kappa shape index (κ3) is 2.78. The molecule has 1 saturated heterocycles. The summed E-state index contributed by atoms with van der Waals surface area (Å²) in [5.41, 5.74) is 2.17. The molecule has 0 aromatic carbocycles. The van der Waals surface area contributed by atoms with Crippen LogP contribution in [0.15, 0.2) is 37.2 Å². The van der Waals surface area contributed by atoms with Crippen LogP contribution < -0.4 is 10.2 Å². The van der Waals surface area contributed by atoms with E-state index < -0.39 is 0 Å². The number of nitrogens with one attached hydrogen (secondary N) is 2. The van der Waals surface area contributed by atoms with Gasteiger partial charge in [0.15, 0.2) is 11.5 Å². The molecule has 3 aromatic rings. The number of carbonyl (C=O) groups excluding carboxylic acids is 1. The van der Waals surface area contributed by atoms with E-state index in [2.05, 4.69) is 35.1 Å². The standard InChI is InChI=1S/C16H17N7O/c24-16(22-12-4-1-5-17-7-12)11-3-2-6-23(8-11)15-13-14(19-9-18-13)20-10-21-15/h1,4-5,7,9-11H,2-3,6,8H2,(H,22,24)(H,18,19,20,21)/t11-/m0/s1. The molecule has 2 N–H and O–H groups in total. The molecule has 0 bridgehead atoms. The van der Waals surface area contributed by atoms with Gasteiger partial charge in [0.1, 0.15) is 11.8 Å². The number of hydrogen-bond acceptors (Lipinski definition) is 6. The zero-order valence-electron chi connectivity index (χ0n) is 13.0. The molecule has 24 heavy (non-hydrogen) atoms. The van der Waals surface area contributed by atoms with Crippen LogP contribution in [0, 0.1) is 5.92 Å². The largest absolute Gasteiger partial charge is 0.354 e. The van der Waals surface area contributed by atoms with Crippen LogP contribution in [0.25, 0.3) is 11.2 Å². The van der Waals surface area contributed by atoms with Crippen molar-refractivity contribution in [2.24, 2.45) is 5.92 Å². The fourth-order valence-electron chi connectivity index (χ4n) is 3.06. The molecule has 1 atom stereocenters. The molecular formula is C16H17N7O. The molecule has 0 aliphatic carbocycles. The van der Waals surface area contributed by atoms with Crippen LogP contribution in [0.4, 0.5) is 11.5 Å². The number of hydrogen-bond donors (Lipinski definition) is 2. The third-order valence-corrected chi connectivity index (χ3v) is 4.22. The average molecular weight is 323 g/mol. The van der Waals surface area contributed by atoms with E-state index in [1.807, 2.05) is 6.07 Å². The van der Waals surface area contributed by atoms with Crippen LogP contribution in [0.1, 0.15) is 12.8 Å². The fraction of sp³-hybridized carbons (Fsp3) is 0.312. The number of carbonyl (C=O) groups is 1. The molecule has 1 aliphatic heterocycles. The number of H-pyrrole nitrogens is 1. The number of amides is 1. The van der Waals surface area contributed by atoms with Gasteiger partial charge in [0.05, 0.1) is 24.1 Å². The normalized spacial score (nSPS) is 17.8. The maximum absolute atomic E-state index is 12.5. The molecule has 3 aromatic heterocycles. The number of fused-ring (bicyclic) bond motifs is 1. The van der Waals surface area contributed by atoms with Crippen LogP contribution >= 0.6 is 0 Å². The van der Waals surface area contributed by atoms with Gasteiger partial charge in [0.25, 0.3) is 0 Å². The van der Waals surface area contributed by atoms with Gasteiger partial charge in [-0.05, 0) is 25.0 Å². The Kier molecular flexibility index (Phi) is 3.78. The van der Waals surface area contributed by atoms with Crippen molar-refractivity contribution in [3.05, 3.63) is 37.2 Å². The zero-order valence-corrected chi connectivity index (χ0v) is 13.0. The summed E-state index contributed by atoms with van der Waals surface area (Å²) in [6.45, 7) is 1.49. The van der Waals surface area contributed by atoms with E-state index in [-0.39, 0.29) is 11.8 Å². The number of rotatable bonds is 3. The molecule has 122 valence electrons. The number of anilines is 2. The molecule has 8 heteroatoms. The minimum absolute atomic E-state index is 0.0163. The summed E-state index contributed by atoms with van der Waals surface area (Å²) >= 11 is 0. The molecule has 4 rings (SSSR count). The van der Waals surface area contributed by atoms with Crippen LogP contribution in [0.3, 0.4) is 0 Å². The summed E-state index contributed by atoms with van der Waals surface area (Å²) in [4.78, 5) is 34.5. The Hall–Kier alpha value is -3.03. The second-order valence-corrected chi connectivity index (χ2v) is 5.81. The summed E-state index contributed by atoms with van der Waals surface area (Å²) in [6.07, 6.45) is 8.25. The Bertz CT molecular complexity index is 848. The highest BCUT2D eigenvalue weighted by Crippen LogP contribution is 2.26. The van der Waals surface area contributed by atoms with Crippen molar-refractivity contribution in [3.63, 3.8) is 0 Å². The van der Waals surface area contributed by atoms with Gasteiger partial charge < -0.3 is 15.2 Å². The van der Waals surface area contributed by atoms with Crippen LogP contribution in [0.5, 0.6) is 0 Å². The first-order valence-electron chi connectivity index (χ1n) is 7.91. The zero-order chi connectivity index (χ0) is 16.4. The van der Waals surface area contributed by atoms with Gasteiger partial charge in [-0.1, -0.05) is 0 Å². The van der Waals surface area contributed by atoms with Crippen LogP contribution in [0.2, 0.25) is 0 Å². The summed E-state index contributed by atoms with van der Waals surface area (Å²) in [6, 6.07) is 3.64. The predicted octanol–water partition coefficient (Wildman–Crippen LogP) is 1.60. The fourth-order valence-corrected chi connectivity index (χ4v) is 3.06. The highest BCUT2D eigenvalue weighted by atomic mass is 16.1. The Morgan fingerprint density at radius 1 is 1.33 bits per heavy atom. The van der Waals surface area contributed by atoms with E-state index in [1.165, 1.54) is 6.33 Å². The number of aromatic nitrogens is 5. The van der Waals surface area contributed by atoms with Gasteiger partial charge in [-0.25, -0.2) is 15.0 Å². The van der Waals surface area contributed by atoms with Crippen molar-refractivity contribution < 1.29 is 4.79 Å². The molecule has 0 spiro atoms. The lowest BCUT2D eigenvalue weighted by atomic mass is 9.97. The van der Waals surface area contributed by atoms with Crippen molar-refractivity contribution in [2.45, 2.75) is 12.8 Å². The minimum atomic E-state index is -0.0908. The number of pyridine rings is 1. The average Bonchev–Trinajstić information content (AvgIpc) is 3.11. The smallest absolute Gasteiger partial charge is 0.229 e. The van der Waals surface area contributed by atoms with Gasteiger partial charge in [-0.3, -0.25) is 9.78 Å². The maximum atomic E-state index is 12.5. The number of aromatic amines is 1. The van der Waals surface area contributed by atoms with E-state index in [1.54, 1.807) is 24.8 Å². The van der Waals surface area contributed by atoms with Crippen molar-refractivity contribution in [3.8, 4) is 0 Å². The molecule has 1 amide bonds. The predicted molar refractivity (Wildman–Crippen MR) is 89.5 cm³/mol. The second-order valence-electron chi connectivity index (χ2n) is 5.81. The quantitative estimate of drug-likeness (QED) is 0.759. The molecule has 1 aliphatic rings. The molecule has 0 radical (unpaired) electrons. The van der Waals surface area contributed by atoms with Crippen molar-refractivity contribution >= 4 is 28.6 Å². The molecular weight excluding hydrogens is 306 g/mol. The Labute approximate surface area is 138 Å². The summed E-state index contributed by atoms with van der Waals surface area (Å²) in [7, 11) is 0. The Morgan fingerprint density at radius 3 is 3.17 bits per heavy atom. The van der Waals surface area contributed by atoms with Crippen molar-refractivity contribution in [1.29, 1.82) is 0 Å². The van der Waals surface area contributed by atoms with Crippen LogP contribution in [-0.2, 0) is 4.79 Å². The molecule has 0 unspecified atom stereocenters. The van der Waals surface area contributed by atoms with E-state index in [0.29, 0.717) is 12.2 Å². The molecule has 4 heterocycles. The summed E-state index contributed by atoms with van der Waals surface area (Å²) < 4.78 is 0. The van der Waals surface area contributed by atoms with Crippen molar-refractivity contribution in [2.75, 3.05) is 23.3 Å². The van der Waals surface area contributed by atoms with Gasteiger partial charge in [0, 0.05) is 19.3 Å². The van der Waals surface area contributed by atoms with E-state index in [9.17, 15) is 4.79 Å². The lowest BCUT2D eigenvalue weighted by Crippen LogP contribution is -2.41. The van der Waals surface area contributed by atoms with E-state index >= 15 is 0 Å². The first kappa shape index (κ1) is 14.6. The maximum Gasteiger partial charge on any atom is 0.229 e. The van der Waals surface area contributed by atoms with Gasteiger partial charge in [0.2, 0.25) is 5.91 Å². The number of piperidine rings is 1. The number of nitrogens with zero attached hydrogens (tertiary/aromatic N) is 5. The summed E-state index contributed by atoms with van der Waals surface area (Å²) in [5, 5.41) is 2.93. The monoisotopic (exact) mass is 323 g/mol. The SMILES string of the molecule is O=C(Nc1cccnc1)[C@H]1CCCN(c2ncnc3nc[nH]c23)C1. The first-order chi connectivity index (χ1) is 11.8. The van der Waals surface area contributed by atoms with Crippen molar-refractivity contribution in [1.82, 2.24) is 24.9 Å². The van der Waals surface area contributed by atoms with E-state index in [4.69, 9.17) is 0 Å². The van der Waals surface area contributed by atoms with E-state index in [0.717, 1.165) is 36.4 Å². The van der Waals surface area contributed by atoms with Gasteiger partial charge in [-0.15, -0.1) is 0 Å². The second kappa shape index (κ2) is 6.23. The van der Waals surface area contributed by atoms with Crippen LogP contribution in [-0.4, -0.2) is 43.9 Å². The summed E-state index contributed by atoms with van der Waals surface area (Å²) in [5.74, 6) is 0.728. The van der Waals surface area contributed by atoms with Gasteiger partial charge >= 0.3 is 0 Å². The first-order valence-corrected chi connectivity index (χ1v) is 7.91. The number of imidazole rings is 1.